The molecule has 20 heavy (non-hydrogen) atoms. The molecule has 0 fully saturated rings. The predicted molar refractivity (Wildman–Crippen MR) is 78.9 cm³/mol. The van der Waals surface area contributed by atoms with Crippen molar-refractivity contribution in [2.45, 2.75) is 33.2 Å². The summed E-state index contributed by atoms with van der Waals surface area (Å²) in [4.78, 5) is 12.6. The van der Waals surface area contributed by atoms with Gasteiger partial charge in [0.2, 0.25) is 0 Å². The van der Waals surface area contributed by atoms with Crippen molar-refractivity contribution < 1.29 is 14.3 Å². The number of carboxylic acid groups (broad SMARTS) is 1. The average molecular weight is 279 g/mol. The lowest BCUT2D eigenvalue weighted by molar-refractivity contribution is -0.131. The van der Waals surface area contributed by atoms with Gasteiger partial charge in [-0.15, -0.1) is 0 Å². The highest BCUT2D eigenvalue weighted by Gasteiger charge is 2.08. The summed E-state index contributed by atoms with van der Waals surface area (Å²) in [5.74, 6) is -1.32. The van der Waals surface area contributed by atoms with Crippen LogP contribution < -0.4 is 0 Å². The highest BCUT2D eigenvalue weighted by molar-refractivity contribution is 5.85. The molecule has 0 bridgehead atoms. The van der Waals surface area contributed by atoms with E-state index in [1.807, 2.05) is 0 Å². The summed E-state index contributed by atoms with van der Waals surface area (Å²) in [7, 11) is 0. The van der Waals surface area contributed by atoms with E-state index in [-0.39, 0.29) is 5.82 Å². The van der Waals surface area contributed by atoms with Crippen LogP contribution in [0.2, 0.25) is 0 Å². The summed E-state index contributed by atoms with van der Waals surface area (Å²) < 4.78 is 14.0. The molecule has 0 saturated heterocycles. The molecule has 0 radical (unpaired) electrons. The second kappa shape index (κ2) is 8.48. The number of carbonyl (C=O) groups is 1. The lowest BCUT2D eigenvalue weighted by Crippen LogP contribution is -2.24. The van der Waals surface area contributed by atoms with Gasteiger partial charge in [0.05, 0.1) is 0 Å². The number of nitrogens with zero attached hydrogens (tertiary/aromatic N) is 1. The van der Waals surface area contributed by atoms with Crippen LogP contribution in [-0.4, -0.2) is 29.1 Å². The maximum Gasteiger partial charge on any atom is 0.328 e. The zero-order valence-corrected chi connectivity index (χ0v) is 12.1. The Hall–Kier alpha value is -1.68. The SMILES string of the molecule is CCCCN(CC)Cc1ccc(C=CC(=O)O)cc1F. The van der Waals surface area contributed by atoms with Gasteiger partial charge in [-0.2, -0.15) is 0 Å². The fourth-order valence-electron chi connectivity index (χ4n) is 1.93. The number of hydrogen-bond donors (Lipinski definition) is 1. The minimum Gasteiger partial charge on any atom is -0.478 e. The van der Waals surface area contributed by atoms with Gasteiger partial charge in [-0.05, 0) is 37.2 Å². The molecule has 1 aromatic carbocycles. The molecule has 1 N–H and O–H groups in total. The maximum absolute atomic E-state index is 14.0. The molecule has 0 aliphatic heterocycles. The van der Waals surface area contributed by atoms with Gasteiger partial charge in [0.25, 0.3) is 0 Å². The monoisotopic (exact) mass is 279 g/mol. The Balaban J connectivity index is 2.74. The van der Waals surface area contributed by atoms with Crippen molar-refractivity contribution in [3.8, 4) is 0 Å². The zero-order valence-electron chi connectivity index (χ0n) is 12.1. The van der Waals surface area contributed by atoms with Crippen molar-refractivity contribution in [3.05, 3.63) is 41.2 Å². The molecule has 0 aliphatic rings. The topological polar surface area (TPSA) is 40.5 Å². The summed E-state index contributed by atoms with van der Waals surface area (Å²) in [5, 5.41) is 8.54. The Morgan fingerprint density at radius 2 is 2.15 bits per heavy atom. The quantitative estimate of drug-likeness (QED) is 0.740. The second-order valence-corrected chi connectivity index (χ2v) is 4.74. The van der Waals surface area contributed by atoms with Crippen molar-refractivity contribution >= 4 is 12.0 Å². The summed E-state index contributed by atoms with van der Waals surface area (Å²) in [6.45, 7) is 6.65. The van der Waals surface area contributed by atoms with Crippen molar-refractivity contribution in [1.82, 2.24) is 4.90 Å². The van der Waals surface area contributed by atoms with Gasteiger partial charge in [0.15, 0.2) is 0 Å². The number of rotatable bonds is 8. The van der Waals surface area contributed by atoms with Gasteiger partial charge in [-0.1, -0.05) is 32.4 Å². The van der Waals surface area contributed by atoms with Crippen molar-refractivity contribution in [1.29, 1.82) is 0 Å². The van der Waals surface area contributed by atoms with Crippen LogP contribution in [0.4, 0.5) is 4.39 Å². The first-order valence-corrected chi connectivity index (χ1v) is 6.98. The van der Waals surface area contributed by atoms with Gasteiger partial charge in [-0.25, -0.2) is 9.18 Å². The number of benzene rings is 1. The summed E-state index contributed by atoms with van der Waals surface area (Å²) >= 11 is 0. The van der Waals surface area contributed by atoms with Gasteiger partial charge >= 0.3 is 5.97 Å². The number of halogens is 1. The van der Waals surface area contributed by atoms with Gasteiger partial charge in [0.1, 0.15) is 5.82 Å². The number of carboxylic acids is 1. The fourth-order valence-corrected chi connectivity index (χ4v) is 1.93. The van der Waals surface area contributed by atoms with E-state index in [1.54, 1.807) is 12.1 Å². The molecule has 0 amide bonds. The van der Waals surface area contributed by atoms with Crippen molar-refractivity contribution in [2.24, 2.45) is 0 Å². The Labute approximate surface area is 119 Å². The third-order valence-corrected chi connectivity index (χ3v) is 3.16. The minimum absolute atomic E-state index is 0.285. The zero-order chi connectivity index (χ0) is 15.0. The molecule has 0 aromatic heterocycles. The molecule has 0 aliphatic carbocycles. The second-order valence-electron chi connectivity index (χ2n) is 4.74. The molecule has 1 aromatic rings. The first kappa shape index (κ1) is 16.4. The molecule has 0 atom stereocenters. The third kappa shape index (κ3) is 5.53. The van der Waals surface area contributed by atoms with Crippen LogP contribution in [0.3, 0.4) is 0 Å². The Morgan fingerprint density at radius 3 is 2.70 bits per heavy atom. The first-order valence-electron chi connectivity index (χ1n) is 6.98. The molecule has 3 nitrogen and oxygen atoms in total. The summed E-state index contributed by atoms with van der Waals surface area (Å²) in [6.07, 6.45) is 4.63. The summed E-state index contributed by atoms with van der Waals surface area (Å²) in [5.41, 5.74) is 1.21. The van der Waals surface area contributed by atoms with Crippen LogP contribution in [0.15, 0.2) is 24.3 Å². The first-order chi connectivity index (χ1) is 9.56. The van der Waals surface area contributed by atoms with E-state index in [0.717, 1.165) is 32.0 Å². The molecule has 0 heterocycles. The van der Waals surface area contributed by atoms with Crippen LogP contribution in [-0.2, 0) is 11.3 Å². The normalized spacial score (nSPS) is 11.4. The predicted octanol–water partition coefficient (Wildman–Crippen LogP) is 3.55. The average Bonchev–Trinajstić information content (AvgIpc) is 2.43. The van der Waals surface area contributed by atoms with Crippen LogP contribution in [0, 0.1) is 5.82 Å². The molecule has 0 spiro atoms. The Kier molecular flexibility index (Phi) is 6.94. The van der Waals surface area contributed by atoms with Crippen LogP contribution in [0.1, 0.15) is 37.8 Å². The Bertz CT molecular complexity index is 472. The molecule has 0 unspecified atom stereocenters. The lowest BCUT2D eigenvalue weighted by atomic mass is 10.1. The van der Waals surface area contributed by atoms with E-state index in [4.69, 9.17) is 5.11 Å². The fraction of sp³-hybridized carbons (Fsp3) is 0.438. The summed E-state index contributed by atoms with van der Waals surface area (Å²) in [6, 6.07) is 4.85. The lowest BCUT2D eigenvalue weighted by Gasteiger charge is -2.20. The molecular weight excluding hydrogens is 257 g/mol. The largest absolute Gasteiger partial charge is 0.478 e. The van der Waals surface area contributed by atoms with E-state index < -0.39 is 5.97 Å². The van der Waals surface area contributed by atoms with E-state index in [2.05, 4.69) is 18.7 Å². The van der Waals surface area contributed by atoms with E-state index in [0.29, 0.717) is 17.7 Å². The van der Waals surface area contributed by atoms with Crippen LogP contribution in [0.5, 0.6) is 0 Å². The molecule has 1 rings (SSSR count). The van der Waals surface area contributed by atoms with Crippen LogP contribution in [0.25, 0.3) is 6.08 Å². The molecular formula is C16H22FNO2. The molecule has 0 saturated carbocycles. The number of unbranched alkanes of at least 4 members (excludes halogenated alkanes) is 1. The van der Waals surface area contributed by atoms with E-state index >= 15 is 0 Å². The maximum atomic E-state index is 14.0. The van der Waals surface area contributed by atoms with E-state index in [9.17, 15) is 9.18 Å². The van der Waals surface area contributed by atoms with Gasteiger partial charge in [-0.3, -0.25) is 4.90 Å². The van der Waals surface area contributed by atoms with Crippen LogP contribution >= 0.6 is 0 Å². The number of aliphatic carboxylic acids is 1. The van der Waals surface area contributed by atoms with Gasteiger partial charge in [0, 0.05) is 18.2 Å². The van der Waals surface area contributed by atoms with Gasteiger partial charge < -0.3 is 5.11 Å². The standard InChI is InChI=1S/C16H22FNO2/c1-3-5-10-18(4-2)12-14-8-6-13(11-15(14)17)7-9-16(19)20/h6-9,11H,3-5,10,12H2,1-2H3,(H,19,20). The van der Waals surface area contributed by atoms with Crippen molar-refractivity contribution in [3.63, 3.8) is 0 Å². The molecule has 4 heteroatoms. The smallest absolute Gasteiger partial charge is 0.328 e. The van der Waals surface area contributed by atoms with Crippen molar-refractivity contribution in [2.75, 3.05) is 13.1 Å². The minimum atomic E-state index is -1.04. The van der Waals surface area contributed by atoms with E-state index in [1.165, 1.54) is 12.1 Å². The highest BCUT2D eigenvalue weighted by atomic mass is 19.1. The Morgan fingerprint density at radius 1 is 1.40 bits per heavy atom. The highest BCUT2D eigenvalue weighted by Crippen LogP contribution is 2.14. The number of hydrogen-bond acceptors (Lipinski definition) is 2. The third-order valence-electron chi connectivity index (χ3n) is 3.16. The molecule has 110 valence electrons.